The van der Waals surface area contributed by atoms with Gasteiger partial charge in [0.25, 0.3) is 0 Å². The monoisotopic (exact) mass is 300 g/mol. The van der Waals surface area contributed by atoms with Crippen molar-refractivity contribution in [2.45, 2.75) is 48.9 Å². The maximum atomic E-state index is 9.50. The van der Waals surface area contributed by atoms with Crippen molar-refractivity contribution in [3.63, 3.8) is 0 Å². The van der Waals surface area contributed by atoms with Gasteiger partial charge in [-0.25, -0.2) is 0 Å². The predicted octanol–water partition coefficient (Wildman–Crippen LogP) is 4.54. The average molecular weight is 301 g/mol. The molecule has 0 saturated heterocycles. The second kappa shape index (κ2) is 5.56. The van der Waals surface area contributed by atoms with Crippen LogP contribution in [0.4, 0.5) is 0 Å². The summed E-state index contributed by atoms with van der Waals surface area (Å²) in [7, 11) is 0. The van der Waals surface area contributed by atoms with Crippen molar-refractivity contribution in [3.05, 3.63) is 28.2 Å². The molecule has 0 amide bonds. The summed E-state index contributed by atoms with van der Waals surface area (Å²) in [5.41, 5.74) is 0.975. The summed E-state index contributed by atoms with van der Waals surface area (Å²) in [5.74, 6) is 0. The summed E-state index contributed by atoms with van der Waals surface area (Å²) < 4.78 is 1.11. The Balaban J connectivity index is 2.09. The summed E-state index contributed by atoms with van der Waals surface area (Å²) >= 11 is 5.56. The minimum Gasteiger partial charge on any atom is -0.389 e. The van der Waals surface area contributed by atoms with Gasteiger partial charge in [0.2, 0.25) is 0 Å². The van der Waals surface area contributed by atoms with Crippen LogP contribution in [-0.4, -0.2) is 10.4 Å². The lowest BCUT2D eigenvalue weighted by atomic mass is 10.1. The van der Waals surface area contributed by atoms with E-state index in [1.165, 1.54) is 30.6 Å². The third-order valence-electron chi connectivity index (χ3n) is 3.03. The minimum absolute atomic E-state index is 0.387. The summed E-state index contributed by atoms with van der Waals surface area (Å²) in [6.45, 7) is 1.80. The summed E-state index contributed by atoms with van der Waals surface area (Å²) in [6.07, 6.45) is 5.05. The molecule has 1 aromatic rings. The first kappa shape index (κ1) is 12.5. The number of halogens is 1. The van der Waals surface area contributed by atoms with E-state index in [9.17, 15) is 5.11 Å². The van der Waals surface area contributed by atoms with Crippen molar-refractivity contribution in [1.29, 1.82) is 0 Å². The Labute approximate surface area is 110 Å². The first-order chi connectivity index (χ1) is 7.66. The zero-order valence-electron chi connectivity index (χ0n) is 9.45. The summed E-state index contributed by atoms with van der Waals surface area (Å²) in [6, 6.07) is 6.17. The van der Waals surface area contributed by atoms with Crippen LogP contribution in [0.1, 0.15) is 44.3 Å². The SMILES string of the molecule is C[C@@H](O)c1ccc(SC2CCCC2)c(Br)c1. The van der Waals surface area contributed by atoms with Crippen LogP contribution in [0.3, 0.4) is 0 Å². The van der Waals surface area contributed by atoms with Crippen molar-refractivity contribution in [3.8, 4) is 0 Å². The molecule has 1 aliphatic rings. The van der Waals surface area contributed by atoms with E-state index < -0.39 is 0 Å². The number of hydrogen-bond donors (Lipinski definition) is 1. The second-order valence-corrected chi connectivity index (χ2v) is 6.59. The molecule has 1 atom stereocenters. The number of aliphatic hydroxyl groups excluding tert-OH is 1. The minimum atomic E-state index is -0.387. The van der Waals surface area contributed by atoms with Crippen LogP contribution in [0.5, 0.6) is 0 Å². The van der Waals surface area contributed by atoms with Crippen molar-refractivity contribution in [2.75, 3.05) is 0 Å². The zero-order valence-corrected chi connectivity index (χ0v) is 11.9. The number of hydrogen-bond acceptors (Lipinski definition) is 2. The van der Waals surface area contributed by atoms with E-state index in [1.807, 2.05) is 23.9 Å². The molecule has 0 aromatic heterocycles. The topological polar surface area (TPSA) is 20.2 Å². The van der Waals surface area contributed by atoms with Gasteiger partial charge in [-0.3, -0.25) is 0 Å². The van der Waals surface area contributed by atoms with Gasteiger partial charge in [-0.2, -0.15) is 0 Å². The van der Waals surface area contributed by atoms with Crippen molar-refractivity contribution >= 4 is 27.7 Å². The zero-order chi connectivity index (χ0) is 11.5. The van der Waals surface area contributed by atoms with Gasteiger partial charge in [-0.1, -0.05) is 18.9 Å². The van der Waals surface area contributed by atoms with E-state index in [-0.39, 0.29) is 6.10 Å². The van der Waals surface area contributed by atoms with E-state index in [0.717, 1.165) is 15.3 Å². The van der Waals surface area contributed by atoms with E-state index in [0.29, 0.717) is 0 Å². The fourth-order valence-electron chi connectivity index (χ4n) is 2.06. The molecule has 1 fully saturated rings. The highest BCUT2D eigenvalue weighted by Gasteiger charge is 2.17. The number of thioether (sulfide) groups is 1. The highest BCUT2D eigenvalue weighted by atomic mass is 79.9. The molecule has 0 spiro atoms. The van der Waals surface area contributed by atoms with Gasteiger partial charge < -0.3 is 5.11 Å². The van der Waals surface area contributed by atoms with Crippen LogP contribution in [0.15, 0.2) is 27.6 Å². The van der Waals surface area contributed by atoms with Gasteiger partial charge in [0, 0.05) is 14.6 Å². The van der Waals surface area contributed by atoms with E-state index in [2.05, 4.69) is 22.0 Å². The molecule has 1 nitrogen and oxygen atoms in total. The highest BCUT2D eigenvalue weighted by molar-refractivity contribution is 9.10. The molecule has 1 N–H and O–H groups in total. The Morgan fingerprint density at radius 2 is 2.06 bits per heavy atom. The van der Waals surface area contributed by atoms with E-state index >= 15 is 0 Å². The van der Waals surface area contributed by atoms with Crippen molar-refractivity contribution < 1.29 is 5.11 Å². The number of rotatable bonds is 3. The molecule has 0 heterocycles. The van der Waals surface area contributed by atoms with Crippen LogP contribution in [0, 0.1) is 0 Å². The maximum absolute atomic E-state index is 9.50. The molecular weight excluding hydrogens is 284 g/mol. The molecule has 0 radical (unpaired) electrons. The standard InChI is InChI=1S/C13H17BrOS/c1-9(15)10-6-7-13(12(14)8-10)16-11-4-2-3-5-11/h6-9,11,15H,2-5H2,1H3/t9-/m1/s1. The molecule has 16 heavy (non-hydrogen) atoms. The smallest absolute Gasteiger partial charge is 0.0762 e. The van der Waals surface area contributed by atoms with Crippen molar-refractivity contribution in [2.24, 2.45) is 0 Å². The molecule has 1 aromatic carbocycles. The lowest BCUT2D eigenvalue weighted by Gasteiger charge is -2.12. The van der Waals surface area contributed by atoms with Gasteiger partial charge in [0.1, 0.15) is 0 Å². The van der Waals surface area contributed by atoms with Gasteiger partial charge in [0.05, 0.1) is 6.10 Å². The van der Waals surface area contributed by atoms with Gasteiger partial charge in [0.15, 0.2) is 0 Å². The Morgan fingerprint density at radius 3 is 2.62 bits per heavy atom. The summed E-state index contributed by atoms with van der Waals surface area (Å²) in [5, 5.41) is 10.3. The lowest BCUT2D eigenvalue weighted by molar-refractivity contribution is 0.199. The molecule has 2 rings (SSSR count). The van der Waals surface area contributed by atoms with E-state index in [4.69, 9.17) is 0 Å². The van der Waals surface area contributed by atoms with Crippen LogP contribution in [0.25, 0.3) is 0 Å². The van der Waals surface area contributed by atoms with Crippen molar-refractivity contribution in [1.82, 2.24) is 0 Å². The second-order valence-electron chi connectivity index (χ2n) is 4.39. The Morgan fingerprint density at radius 1 is 1.38 bits per heavy atom. The molecule has 0 aliphatic heterocycles. The predicted molar refractivity (Wildman–Crippen MR) is 72.9 cm³/mol. The lowest BCUT2D eigenvalue weighted by Crippen LogP contribution is -1.95. The fourth-order valence-corrected chi connectivity index (χ4v) is 3.98. The van der Waals surface area contributed by atoms with Crippen LogP contribution in [0.2, 0.25) is 0 Å². The summed E-state index contributed by atoms with van der Waals surface area (Å²) in [4.78, 5) is 1.30. The Bertz CT molecular complexity index is 359. The van der Waals surface area contributed by atoms with Gasteiger partial charge >= 0.3 is 0 Å². The fraction of sp³-hybridized carbons (Fsp3) is 0.538. The number of aliphatic hydroxyl groups is 1. The molecule has 3 heteroatoms. The quantitative estimate of drug-likeness (QED) is 0.884. The normalized spacial score (nSPS) is 18.9. The van der Waals surface area contributed by atoms with Crippen LogP contribution in [-0.2, 0) is 0 Å². The van der Waals surface area contributed by atoms with E-state index in [1.54, 1.807) is 6.92 Å². The number of benzene rings is 1. The molecule has 88 valence electrons. The van der Waals surface area contributed by atoms with Gasteiger partial charge in [-0.05, 0) is 53.4 Å². The first-order valence-electron chi connectivity index (χ1n) is 5.81. The molecule has 0 bridgehead atoms. The van der Waals surface area contributed by atoms with Gasteiger partial charge in [-0.15, -0.1) is 11.8 Å². The molecule has 0 unspecified atom stereocenters. The third kappa shape index (κ3) is 3.02. The van der Waals surface area contributed by atoms with Crippen LogP contribution >= 0.6 is 27.7 Å². The maximum Gasteiger partial charge on any atom is 0.0762 e. The average Bonchev–Trinajstić information content (AvgIpc) is 2.73. The highest BCUT2D eigenvalue weighted by Crippen LogP contribution is 2.38. The van der Waals surface area contributed by atoms with Crippen LogP contribution < -0.4 is 0 Å². The Hall–Kier alpha value is 0.01000. The first-order valence-corrected chi connectivity index (χ1v) is 7.48. The third-order valence-corrected chi connectivity index (χ3v) is 5.37. The molecule has 1 saturated carbocycles. The Kier molecular flexibility index (Phi) is 4.34. The molecular formula is C13H17BrOS. The largest absolute Gasteiger partial charge is 0.389 e. The molecule has 1 aliphatic carbocycles.